The number of benzene rings is 2. The standard InChI is InChI=1S/C27H27N5O3/c33-25(21-6-7-21)30-14-12-27(35,13-15-30)17-31-18-28-24-23(26(31)34)16-29-32(24)22-10-8-20(9-11-22)19-4-2-1-3-5-19/h1-5,8-11,16,18,21,35H,6-7,12-15,17H2. The van der Waals surface area contributed by atoms with Gasteiger partial charge in [0.15, 0.2) is 5.65 Å². The molecule has 0 atom stereocenters. The quantitative estimate of drug-likeness (QED) is 0.485. The molecule has 178 valence electrons. The van der Waals surface area contributed by atoms with E-state index in [0.717, 1.165) is 29.7 Å². The van der Waals surface area contributed by atoms with Crippen LogP contribution < -0.4 is 5.56 Å². The van der Waals surface area contributed by atoms with Crippen LogP contribution in [-0.4, -0.2) is 53.9 Å². The van der Waals surface area contributed by atoms with E-state index in [0.29, 0.717) is 37.0 Å². The van der Waals surface area contributed by atoms with Crippen LogP contribution in [0.2, 0.25) is 0 Å². The number of hydrogen-bond donors (Lipinski definition) is 1. The molecule has 1 N–H and O–H groups in total. The highest BCUT2D eigenvalue weighted by Crippen LogP contribution is 2.33. The van der Waals surface area contributed by atoms with Crippen molar-refractivity contribution in [2.24, 2.45) is 5.92 Å². The Morgan fingerprint density at radius 1 is 1.00 bits per heavy atom. The predicted octanol–water partition coefficient (Wildman–Crippen LogP) is 3.01. The van der Waals surface area contributed by atoms with Crippen molar-refractivity contribution in [2.45, 2.75) is 37.8 Å². The van der Waals surface area contributed by atoms with Crippen LogP contribution in [0.25, 0.3) is 27.8 Å². The van der Waals surface area contributed by atoms with Crippen LogP contribution in [0.1, 0.15) is 25.7 Å². The minimum Gasteiger partial charge on any atom is -0.388 e. The monoisotopic (exact) mass is 469 g/mol. The summed E-state index contributed by atoms with van der Waals surface area (Å²) < 4.78 is 3.12. The molecule has 2 fully saturated rings. The molecule has 2 aromatic heterocycles. The first kappa shape index (κ1) is 21.7. The number of fused-ring (bicyclic) bond motifs is 1. The second-order valence-electron chi connectivity index (χ2n) is 9.71. The lowest BCUT2D eigenvalue weighted by atomic mass is 9.91. The summed E-state index contributed by atoms with van der Waals surface area (Å²) in [7, 11) is 0. The molecule has 1 saturated heterocycles. The van der Waals surface area contributed by atoms with Gasteiger partial charge in [-0.1, -0.05) is 42.5 Å². The van der Waals surface area contributed by atoms with Gasteiger partial charge >= 0.3 is 0 Å². The molecule has 0 bridgehead atoms. The summed E-state index contributed by atoms with van der Waals surface area (Å²) in [5.74, 6) is 0.387. The maximum atomic E-state index is 13.2. The minimum atomic E-state index is -1.04. The average Bonchev–Trinajstić information content (AvgIpc) is 3.65. The highest BCUT2D eigenvalue weighted by atomic mass is 16.3. The Balaban J connectivity index is 1.21. The average molecular weight is 470 g/mol. The van der Waals surface area contributed by atoms with Gasteiger partial charge in [0.1, 0.15) is 11.7 Å². The SMILES string of the molecule is O=C(C1CC1)N1CCC(O)(Cn2cnc3c(cnn3-c3ccc(-c4ccccc4)cc3)c2=O)CC1. The van der Waals surface area contributed by atoms with Gasteiger partial charge in [-0.25, -0.2) is 9.67 Å². The van der Waals surface area contributed by atoms with Gasteiger partial charge in [0, 0.05) is 19.0 Å². The molecule has 1 amide bonds. The van der Waals surface area contributed by atoms with Crippen molar-refractivity contribution < 1.29 is 9.90 Å². The fourth-order valence-corrected chi connectivity index (χ4v) is 4.88. The van der Waals surface area contributed by atoms with E-state index in [9.17, 15) is 14.7 Å². The molecule has 35 heavy (non-hydrogen) atoms. The van der Waals surface area contributed by atoms with Crippen LogP contribution in [0.5, 0.6) is 0 Å². The topological polar surface area (TPSA) is 93.2 Å². The summed E-state index contributed by atoms with van der Waals surface area (Å²) >= 11 is 0. The Morgan fingerprint density at radius 2 is 1.69 bits per heavy atom. The van der Waals surface area contributed by atoms with Crippen molar-refractivity contribution in [1.82, 2.24) is 24.2 Å². The molecule has 1 aliphatic carbocycles. The fourth-order valence-electron chi connectivity index (χ4n) is 4.88. The molecule has 8 heteroatoms. The third-order valence-corrected chi connectivity index (χ3v) is 7.17. The normalized spacial score (nSPS) is 17.6. The van der Waals surface area contributed by atoms with Gasteiger partial charge in [-0.2, -0.15) is 5.10 Å². The zero-order valence-electron chi connectivity index (χ0n) is 19.4. The van der Waals surface area contributed by atoms with Crippen molar-refractivity contribution in [1.29, 1.82) is 0 Å². The zero-order chi connectivity index (χ0) is 24.0. The van der Waals surface area contributed by atoms with Crippen LogP contribution in [-0.2, 0) is 11.3 Å². The van der Waals surface area contributed by atoms with Crippen molar-refractivity contribution in [3.05, 3.63) is 77.5 Å². The number of aromatic nitrogens is 4. The largest absolute Gasteiger partial charge is 0.388 e. The number of amides is 1. The van der Waals surface area contributed by atoms with Crippen molar-refractivity contribution in [3.63, 3.8) is 0 Å². The molecule has 2 aliphatic rings. The van der Waals surface area contributed by atoms with E-state index >= 15 is 0 Å². The maximum absolute atomic E-state index is 13.2. The number of nitrogens with zero attached hydrogens (tertiary/aromatic N) is 5. The molecule has 2 aromatic carbocycles. The van der Waals surface area contributed by atoms with E-state index < -0.39 is 5.60 Å². The molecular formula is C27H27N5O3. The second kappa shape index (κ2) is 8.46. The van der Waals surface area contributed by atoms with E-state index in [1.165, 1.54) is 17.1 Å². The fraction of sp³-hybridized carbons (Fsp3) is 0.333. The highest BCUT2D eigenvalue weighted by molar-refractivity contribution is 5.81. The van der Waals surface area contributed by atoms with Crippen molar-refractivity contribution >= 4 is 16.9 Å². The smallest absolute Gasteiger partial charge is 0.264 e. The Hall–Kier alpha value is -3.78. The number of piperidine rings is 1. The summed E-state index contributed by atoms with van der Waals surface area (Å²) in [6, 6.07) is 18.1. The van der Waals surface area contributed by atoms with Gasteiger partial charge < -0.3 is 10.0 Å². The Kier molecular flexibility index (Phi) is 5.25. The molecule has 3 heterocycles. The number of hydrogen-bond acceptors (Lipinski definition) is 5. The molecule has 8 nitrogen and oxygen atoms in total. The lowest BCUT2D eigenvalue weighted by molar-refractivity contribution is -0.137. The highest BCUT2D eigenvalue weighted by Gasteiger charge is 2.39. The van der Waals surface area contributed by atoms with E-state index in [2.05, 4.69) is 22.2 Å². The first-order valence-corrected chi connectivity index (χ1v) is 12.1. The molecule has 1 saturated carbocycles. The Morgan fingerprint density at radius 3 is 2.37 bits per heavy atom. The van der Waals surface area contributed by atoms with E-state index in [-0.39, 0.29) is 23.9 Å². The third-order valence-electron chi connectivity index (χ3n) is 7.17. The van der Waals surface area contributed by atoms with E-state index in [1.807, 2.05) is 47.4 Å². The van der Waals surface area contributed by atoms with E-state index in [4.69, 9.17) is 0 Å². The molecule has 1 aliphatic heterocycles. The predicted molar refractivity (Wildman–Crippen MR) is 132 cm³/mol. The van der Waals surface area contributed by atoms with Crippen LogP contribution in [0.15, 0.2) is 71.9 Å². The number of carbonyl (C=O) groups excluding carboxylic acids is 1. The summed E-state index contributed by atoms with van der Waals surface area (Å²) in [5.41, 5.74) is 2.26. The Bertz CT molecular complexity index is 1430. The first-order valence-electron chi connectivity index (χ1n) is 12.1. The second-order valence-corrected chi connectivity index (χ2v) is 9.71. The van der Waals surface area contributed by atoms with Crippen LogP contribution >= 0.6 is 0 Å². The molecule has 6 rings (SSSR count). The van der Waals surface area contributed by atoms with Crippen molar-refractivity contribution in [3.8, 4) is 16.8 Å². The molecule has 0 radical (unpaired) electrons. The van der Waals surface area contributed by atoms with Crippen LogP contribution in [0.4, 0.5) is 0 Å². The van der Waals surface area contributed by atoms with Gasteiger partial charge in [0.2, 0.25) is 5.91 Å². The summed E-state index contributed by atoms with van der Waals surface area (Å²) in [6.45, 7) is 1.19. The Labute approximate surface area is 202 Å². The molecule has 4 aromatic rings. The van der Waals surface area contributed by atoms with Gasteiger partial charge in [-0.3, -0.25) is 14.2 Å². The molecular weight excluding hydrogens is 442 g/mol. The molecule has 0 unspecified atom stereocenters. The first-order chi connectivity index (χ1) is 17.0. The van der Waals surface area contributed by atoms with Gasteiger partial charge in [-0.05, 0) is 48.9 Å². The summed E-state index contributed by atoms with van der Waals surface area (Å²) in [5, 5.41) is 16.0. The van der Waals surface area contributed by atoms with Crippen LogP contribution in [0.3, 0.4) is 0 Å². The lowest BCUT2D eigenvalue weighted by Crippen LogP contribution is -2.50. The van der Waals surface area contributed by atoms with Gasteiger partial charge in [0.05, 0.1) is 24.0 Å². The number of rotatable bonds is 5. The molecule has 0 spiro atoms. The van der Waals surface area contributed by atoms with Gasteiger partial charge in [-0.15, -0.1) is 0 Å². The maximum Gasteiger partial charge on any atom is 0.264 e. The number of aliphatic hydroxyl groups is 1. The summed E-state index contributed by atoms with van der Waals surface area (Å²) in [4.78, 5) is 31.9. The minimum absolute atomic E-state index is 0.150. The number of likely N-dealkylation sites (tertiary alicyclic amines) is 1. The third kappa shape index (κ3) is 4.14. The van der Waals surface area contributed by atoms with Gasteiger partial charge in [0.25, 0.3) is 5.56 Å². The zero-order valence-corrected chi connectivity index (χ0v) is 19.4. The van der Waals surface area contributed by atoms with Crippen molar-refractivity contribution in [2.75, 3.05) is 13.1 Å². The summed E-state index contributed by atoms with van der Waals surface area (Å²) in [6.07, 6.45) is 5.87. The van der Waals surface area contributed by atoms with E-state index in [1.54, 1.807) is 4.68 Å². The van der Waals surface area contributed by atoms with Crippen LogP contribution in [0, 0.1) is 5.92 Å². The number of carbonyl (C=O) groups is 1. The lowest BCUT2D eigenvalue weighted by Gasteiger charge is -2.38.